The fourth-order valence-electron chi connectivity index (χ4n) is 2.37. The Bertz CT molecular complexity index is 804. The van der Waals surface area contributed by atoms with E-state index >= 15 is 0 Å². The van der Waals surface area contributed by atoms with Crippen LogP contribution in [0.2, 0.25) is 0 Å². The molecule has 0 amide bonds. The Morgan fingerprint density at radius 1 is 1.19 bits per heavy atom. The number of nitrogens with one attached hydrogen (secondary N) is 2. The molecular weight excluding hydrogens is 346 g/mol. The number of aryl methyl sites for hydroxylation is 1. The Morgan fingerprint density at radius 2 is 2.04 bits per heavy atom. The lowest BCUT2D eigenvalue weighted by molar-refractivity contribution is 0.270. The topological polar surface area (TPSA) is 101 Å². The van der Waals surface area contributed by atoms with Crippen LogP contribution in [0.3, 0.4) is 0 Å². The van der Waals surface area contributed by atoms with Gasteiger partial charge in [-0.15, -0.1) is 0 Å². The second kappa shape index (κ2) is 10.9. The molecular formula is C19H27N5O3. The molecule has 2 aromatic rings. The molecule has 0 saturated carbocycles. The highest BCUT2D eigenvalue weighted by Gasteiger charge is 2.06. The summed E-state index contributed by atoms with van der Waals surface area (Å²) in [6, 6.07) is 5.64. The number of nitrogens with zero attached hydrogens (tertiary/aromatic N) is 3. The van der Waals surface area contributed by atoms with Gasteiger partial charge in [-0.05, 0) is 44.0 Å². The number of ether oxygens (including phenoxy) is 2. The average molecular weight is 373 g/mol. The maximum absolute atomic E-state index is 11.2. The van der Waals surface area contributed by atoms with Gasteiger partial charge in [-0.3, -0.25) is 5.43 Å². The summed E-state index contributed by atoms with van der Waals surface area (Å²) in [6.45, 7) is 7.07. The number of H-pyrrole nitrogens is 1. The lowest BCUT2D eigenvalue weighted by Crippen LogP contribution is -2.15. The fourth-order valence-corrected chi connectivity index (χ4v) is 2.37. The lowest BCUT2D eigenvalue weighted by Gasteiger charge is -2.12. The van der Waals surface area contributed by atoms with Gasteiger partial charge in [0.25, 0.3) is 0 Å². The Morgan fingerprint density at radius 3 is 2.81 bits per heavy atom. The molecule has 1 aromatic carbocycles. The average Bonchev–Trinajstić information content (AvgIpc) is 2.66. The predicted octanol–water partition coefficient (Wildman–Crippen LogP) is 3.28. The molecule has 0 saturated heterocycles. The van der Waals surface area contributed by atoms with Crippen LogP contribution in [0.25, 0.3) is 0 Å². The van der Waals surface area contributed by atoms with Crippen molar-refractivity contribution in [3.05, 3.63) is 39.9 Å². The van der Waals surface area contributed by atoms with Crippen molar-refractivity contribution in [2.75, 3.05) is 18.6 Å². The smallest absolute Gasteiger partial charge is 0.363 e. The SMILES string of the molecule is CCCCCCOc1ccc(/C=N\Nc2nc(=O)[nH]nc2C)cc1OCC. The molecule has 0 bridgehead atoms. The van der Waals surface area contributed by atoms with Gasteiger partial charge in [0.15, 0.2) is 17.3 Å². The zero-order chi connectivity index (χ0) is 19.5. The molecule has 0 unspecified atom stereocenters. The third-order valence-corrected chi connectivity index (χ3v) is 3.78. The van der Waals surface area contributed by atoms with Gasteiger partial charge in [0.05, 0.1) is 19.4 Å². The van der Waals surface area contributed by atoms with Crippen LogP contribution in [0.1, 0.15) is 50.8 Å². The molecule has 0 fully saturated rings. The van der Waals surface area contributed by atoms with E-state index in [0.717, 1.165) is 17.7 Å². The number of hydrazone groups is 1. The number of rotatable bonds is 11. The predicted molar refractivity (Wildman–Crippen MR) is 106 cm³/mol. The first-order chi connectivity index (χ1) is 13.1. The van der Waals surface area contributed by atoms with E-state index in [1.165, 1.54) is 19.3 Å². The van der Waals surface area contributed by atoms with Gasteiger partial charge in [0.2, 0.25) is 0 Å². The minimum absolute atomic E-state index is 0.312. The number of benzene rings is 1. The van der Waals surface area contributed by atoms with Gasteiger partial charge < -0.3 is 9.47 Å². The first kappa shape index (κ1) is 20.4. The monoisotopic (exact) mass is 373 g/mol. The maximum atomic E-state index is 11.2. The Kier molecular flexibility index (Phi) is 8.28. The normalized spacial score (nSPS) is 10.9. The van der Waals surface area contributed by atoms with E-state index in [1.807, 2.05) is 25.1 Å². The highest BCUT2D eigenvalue weighted by Crippen LogP contribution is 2.28. The maximum Gasteiger partial charge on any atom is 0.363 e. The lowest BCUT2D eigenvalue weighted by atomic mass is 10.2. The zero-order valence-corrected chi connectivity index (χ0v) is 16.1. The summed E-state index contributed by atoms with van der Waals surface area (Å²) in [5.41, 5.74) is 3.58. The van der Waals surface area contributed by atoms with Crippen LogP contribution in [0.4, 0.5) is 5.82 Å². The number of aromatic nitrogens is 3. The third kappa shape index (κ3) is 6.73. The number of hydrogen-bond donors (Lipinski definition) is 2. The van der Waals surface area contributed by atoms with Gasteiger partial charge in [-0.1, -0.05) is 26.2 Å². The van der Waals surface area contributed by atoms with E-state index in [-0.39, 0.29) is 0 Å². The largest absolute Gasteiger partial charge is 0.490 e. The Balaban J connectivity index is 2.01. The highest BCUT2D eigenvalue weighted by molar-refractivity contribution is 5.81. The third-order valence-electron chi connectivity index (χ3n) is 3.78. The van der Waals surface area contributed by atoms with E-state index in [0.29, 0.717) is 30.5 Å². The van der Waals surface area contributed by atoms with E-state index in [9.17, 15) is 4.79 Å². The quantitative estimate of drug-likeness (QED) is 0.356. The molecule has 2 N–H and O–H groups in total. The van der Waals surface area contributed by atoms with Crippen LogP contribution in [-0.2, 0) is 0 Å². The summed E-state index contributed by atoms with van der Waals surface area (Å²) in [5, 5.41) is 10.2. The second-order valence-electron chi connectivity index (χ2n) is 5.99. The molecule has 8 heteroatoms. The van der Waals surface area contributed by atoms with E-state index < -0.39 is 5.69 Å². The second-order valence-corrected chi connectivity index (χ2v) is 5.99. The highest BCUT2D eigenvalue weighted by atomic mass is 16.5. The van der Waals surface area contributed by atoms with Gasteiger partial charge in [0.1, 0.15) is 5.69 Å². The molecule has 27 heavy (non-hydrogen) atoms. The molecule has 0 aliphatic carbocycles. The number of hydrogen-bond acceptors (Lipinski definition) is 7. The molecule has 0 atom stereocenters. The van der Waals surface area contributed by atoms with Crippen molar-refractivity contribution in [1.82, 2.24) is 15.2 Å². The molecule has 0 aliphatic rings. The molecule has 8 nitrogen and oxygen atoms in total. The number of anilines is 1. The Labute approximate surface area is 159 Å². The van der Waals surface area contributed by atoms with Crippen molar-refractivity contribution in [2.24, 2.45) is 5.10 Å². The molecule has 0 aliphatic heterocycles. The fraction of sp³-hybridized carbons (Fsp3) is 0.474. The van der Waals surface area contributed by atoms with Crippen molar-refractivity contribution in [1.29, 1.82) is 0 Å². The molecule has 1 aromatic heterocycles. The van der Waals surface area contributed by atoms with Crippen molar-refractivity contribution < 1.29 is 9.47 Å². The summed E-state index contributed by atoms with van der Waals surface area (Å²) in [6.07, 6.45) is 6.25. The van der Waals surface area contributed by atoms with Crippen LogP contribution in [0.5, 0.6) is 11.5 Å². The van der Waals surface area contributed by atoms with E-state index in [1.54, 1.807) is 13.1 Å². The number of aromatic amines is 1. The van der Waals surface area contributed by atoms with Gasteiger partial charge in [-0.25, -0.2) is 9.89 Å². The molecule has 1 heterocycles. The molecule has 0 spiro atoms. The summed E-state index contributed by atoms with van der Waals surface area (Å²) >= 11 is 0. The Hall–Kier alpha value is -2.90. The zero-order valence-electron chi connectivity index (χ0n) is 16.1. The summed E-state index contributed by atoms with van der Waals surface area (Å²) in [5.74, 6) is 1.73. The summed E-state index contributed by atoms with van der Waals surface area (Å²) < 4.78 is 11.5. The first-order valence-corrected chi connectivity index (χ1v) is 9.26. The van der Waals surface area contributed by atoms with Crippen LogP contribution in [0, 0.1) is 6.92 Å². The minimum Gasteiger partial charge on any atom is -0.490 e. The molecule has 0 radical (unpaired) electrons. The summed E-state index contributed by atoms with van der Waals surface area (Å²) in [4.78, 5) is 15.0. The minimum atomic E-state index is -0.530. The van der Waals surface area contributed by atoms with Crippen molar-refractivity contribution >= 4 is 12.0 Å². The van der Waals surface area contributed by atoms with Crippen molar-refractivity contribution in [3.8, 4) is 11.5 Å². The molecule has 146 valence electrons. The van der Waals surface area contributed by atoms with Crippen LogP contribution >= 0.6 is 0 Å². The van der Waals surface area contributed by atoms with Gasteiger partial charge in [-0.2, -0.15) is 15.2 Å². The molecule has 2 rings (SSSR count). The van der Waals surface area contributed by atoms with Gasteiger partial charge in [0, 0.05) is 0 Å². The van der Waals surface area contributed by atoms with Gasteiger partial charge >= 0.3 is 5.69 Å². The standard InChI is InChI=1S/C19H27N5O3/c1-4-6-7-8-11-27-16-10-9-15(12-17(16)26-5-2)13-20-23-18-14(3)22-24-19(25)21-18/h9-10,12-13H,4-8,11H2,1-3H3,(H2,21,23,24,25)/b20-13-. The summed E-state index contributed by atoms with van der Waals surface area (Å²) in [7, 11) is 0. The van der Waals surface area contributed by atoms with Crippen LogP contribution in [0.15, 0.2) is 28.1 Å². The van der Waals surface area contributed by atoms with Crippen LogP contribution < -0.4 is 20.6 Å². The van der Waals surface area contributed by atoms with Crippen molar-refractivity contribution in [2.45, 2.75) is 46.5 Å². The van der Waals surface area contributed by atoms with E-state index in [4.69, 9.17) is 9.47 Å². The van der Waals surface area contributed by atoms with Crippen molar-refractivity contribution in [3.63, 3.8) is 0 Å². The number of unbranched alkanes of at least 4 members (excludes halogenated alkanes) is 3. The van der Waals surface area contributed by atoms with E-state index in [2.05, 4.69) is 32.6 Å². The van der Waals surface area contributed by atoms with Crippen LogP contribution in [-0.4, -0.2) is 34.6 Å². The first-order valence-electron chi connectivity index (χ1n) is 9.26.